The van der Waals surface area contributed by atoms with Crippen molar-refractivity contribution in [2.45, 2.75) is 31.6 Å². The summed E-state index contributed by atoms with van der Waals surface area (Å²) in [6.07, 6.45) is 2.10. The van der Waals surface area contributed by atoms with Crippen LogP contribution in [0, 0.1) is 6.92 Å². The van der Waals surface area contributed by atoms with E-state index in [0.717, 1.165) is 39.7 Å². The van der Waals surface area contributed by atoms with Gasteiger partial charge in [-0.2, -0.15) is 0 Å². The van der Waals surface area contributed by atoms with Gasteiger partial charge in [0.15, 0.2) is 0 Å². The van der Waals surface area contributed by atoms with Gasteiger partial charge in [-0.05, 0) is 43.0 Å². The minimum atomic E-state index is -0.134. The molecule has 30 heavy (non-hydrogen) atoms. The second-order valence-electron chi connectivity index (χ2n) is 7.81. The second-order valence-corrected chi connectivity index (χ2v) is 9.30. The van der Waals surface area contributed by atoms with E-state index < -0.39 is 0 Å². The fourth-order valence-corrected chi connectivity index (χ4v) is 4.77. The SMILES string of the molecule is Cc1nc(-c2ccc(CC(=O)NCC3(c4cccc(Cl)c4)CCOCC3)cc2)cs1. The van der Waals surface area contributed by atoms with E-state index in [0.29, 0.717) is 26.2 Å². The van der Waals surface area contributed by atoms with Crippen LogP contribution in [0.25, 0.3) is 11.3 Å². The summed E-state index contributed by atoms with van der Waals surface area (Å²) in [5, 5.41) is 6.99. The molecule has 1 N–H and O–H groups in total. The highest BCUT2D eigenvalue weighted by Crippen LogP contribution is 2.35. The maximum atomic E-state index is 12.7. The summed E-state index contributed by atoms with van der Waals surface area (Å²) in [4.78, 5) is 17.2. The van der Waals surface area contributed by atoms with E-state index in [2.05, 4.69) is 21.7 Å². The van der Waals surface area contributed by atoms with Crippen molar-refractivity contribution in [1.82, 2.24) is 10.3 Å². The van der Waals surface area contributed by atoms with E-state index in [9.17, 15) is 4.79 Å². The van der Waals surface area contributed by atoms with Crippen LogP contribution >= 0.6 is 22.9 Å². The first-order valence-electron chi connectivity index (χ1n) is 10.2. The molecule has 6 heteroatoms. The highest BCUT2D eigenvalue weighted by Gasteiger charge is 2.35. The van der Waals surface area contributed by atoms with E-state index in [1.54, 1.807) is 11.3 Å². The average molecular weight is 441 g/mol. The number of aryl methyl sites for hydroxylation is 1. The minimum Gasteiger partial charge on any atom is -0.381 e. The molecule has 4 rings (SSSR count). The maximum absolute atomic E-state index is 12.7. The van der Waals surface area contributed by atoms with Crippen molar-refractivity contribution in [1.29, 1.82) is 0 Å². The van der Waals surface area contributed by atoms with Crippen molar-refractivity contribution in [3.05, 3.63) is 75.1 Å². The third-order valence-electron chi connectivity index (χ3n) is 5.74. The number of benzene rings is 2. The molecular weight excluding hydrogens is 416 g/mol. The molecule has 0 atom stereocenters. The van der Waals surface area contributed by atoms with Crippen LogP contribution in [0.2, 0.25) is 5.02 Å². The first-order valence-corrected chi connectivity index (χ1v) is 11.4. The number of halogens is 1. The van der Waals surface area contributed by atoms with E-state index >= 15 is 0 Å². The van der Waals surface area contributed by atoms with E-state index in [4.69, 9.17) is 16.3 Å². The number of nitrogens with zero attached hydrogens (tertiary/aromatic N) is 1. The smallest absolute Gasteiger partial charge is 0.224 e. The fraction of sp³-hybridized carbons (Fsp3) is 0.333. The van der Waals surface area contributed by atoms with Gasteiger partial charge in [-0.1, -0.05) is 48.0 Å². The first-order chi connectivity index (χ1) is 14.5. The zero-order valence-corrected chi connectivity index (χ0v) is 18.6. The van der Waals surface area contributed by atoms with Crippen molar-refractivity contribution in [3.63, 3.8) is 0 Å². The Balaban J connectivity index is 1.40. The molecular formula is C24H25ClN2O2S. The lowest BCUT2D eigenvalue weighted by molar-refractivity contribution is -0.120. The molecule has 0 spiro atoms. The summed E-state index contributed by atoms with van der Waals surface area (Å²) < 4.78 is 5.58. The van der Waals surface area contributed by atoms with Gasteiger partial charge in [0.2, 0.25) is 5.91 Å². The molecule has 156 valence electrons. The molecule has 0 bridgehead atoms. The molecule has 1 amide bonds. The highest BCUT2D eigenvalue weighted by molar-refractivity contribution is 7.09. The van der Waals surface area contributed by atoms with Gasteiger partial charge in [0.1, 0.15) is 0 Å². The summed E-state index contributed by atoms with van der Waals surface area (Å²) in [5.41, 5.74) is 4.08. The molecule has 3 aromatic rings. The van der Waals surface area contributed by atoms with Gasteiger partial charge in [0, 0.05) is 41.1 Å². The van der Waals surface area contributed by atoms with Gasteiger partial charge in [0.05, 0.1) is 17.1 Å². The Morgan fingerprint density at radius 3 is 2.63 bits per heavy atom. The fourth-order valence-electron chi connectivity index (χ4n) is 3.95. The van der Waals surface area contributed by atoms with Crippen molar-refractivity contribution < 1.29 is 9.53 Å². The van der Waals surface area contributed by atoms with Crippen molar-refractivity contribution in [2.75, 3.05) is 19.8 Å². The molecule has 0 unspecified atom stereocenters. The van der Waals surface area contributed by atoms with Gasteiger partial charge in [-0.25, -0.2) is 4.98 Å². The van der Waals surface area contributed by atoms with E-state index in [1.807, 2.05) is 49.4 Å². The van der Waals surface area contributed by atoms with Gasteiger partial charge >= 0.3 is 0 Å². The summed E-state index contributed by atoms with van der Waals surface area (Å²) in [5.74, 6) is 0.0279. The van der Waals surface area contributed by atoms with Gasteiger partial charge < -0.3 is 10.1 Å². The number of amides is 1. The number of ether oxygens (including phenoxy) is 1. The zero-order chi connectivity index (χ0) is 21.0. The summed E-state index contributed by atoms with van der Waals surface area (Å²) in [6.45, 7) is 3.98. The van der Waals surface area contributed by atoms with Crippen LogP contribution in [0.1, 0.15) is 29.0 Å². The average Bonchev–Trinajstić information content (AvgIpc) is 3.20. The molecule has 0 saturated carbocycles. The molecule has 1 aliphatic rings. The summed E-state index contributed by atoms with van der Waals surface area (Å²) in [7, 11) is 0. The minimum absolute atomic E-state index is 0.0279. The van der Waals surface area contributed by atoms with Crippen LogP contribution in [-0.2, 0) is 21.4 Å². The lowest BCUT2D eigenvalue weighted by Gasteiger charge is -2.38. The molecule has 1 aliphatic heterocycles. The normalized spacial score (nSPS) is 15.7. The van der Waals surface area contributed by atoms with Crippen LogP contribution in [-0.4, -0.2) is 30.6 Å². The molecule has 0 aliphatic carbocycles. The number of hydrogen-bond donors (Lipinski definition) is 1. The molecule has 1 saturated heterocycles. The van der Waals surface area contributed by atoms with Crippen LogP contribution < -0.4 is 5.32 Å². The van der Waals surface area contributed by atoms with Crippen LogP contribution in [0.3, 0.4) is 0 Å². The lowest BCUT2D eigenvalue weighted by atomic mass is 9.74. The predicted octanol–water partition coefficient (Wildman–Crippen LogP) is 5.18. The topological polar surface area (TPSA) is 51.2 Å². The standard InChI is InChI=1S/C24H25ClN2O2S/c1-17-27-22(15-30-17)19-7-5-18(6-8-19)13-23(28)26-16-24(9-11-29-12-10-24)20-3-2-4-21(25)14-20/h2-8,14-15H,9-13,16H2,1H3,(H,26,28). The molecule has 2 aromatic carbocycles. The number of aromatic nitrogens is 1. The molecule has 0 radical (unpaired) electrons. The van der Waals surface area contributed by atoms with Crippen molar-refractivity contribution in [2.24, 2.45) is 0 Å². The van der Waals surface area contributed by atoms with Crippen LogP contribution in [0.4, 0.5) is 0 Å². The third kappa shape index (κ3) is 4.91. The largest absolute Gasteiger partial charge is 0.381 e. The summed E-state index contributed by atoms with van der Waals surface area (Å²) >= 11 is 7.87. The van der Waals surface area contributed by atoms with Crippen molar-refractivity contribution >= 4 is 28.8 Å². The Kier molecular flexibility index (Phi) is 6.52. The Bertz CT molecular complexity index is 1010. The number of hydrogen-bond acceptors (Lipinski definition) is 4. The molecule has 1 aromatic heterocycles. The van der Waals surface area contributed by atoms with E-state index in [1.165, 1.54) is 5.56 Å². The van der Waals surface area contributed by atoms with Gasteiger partial charge in [-0.15, -0.1) is 11.3 Å². The number of rotatable bonds is 6. The highest BCUT2D eigenvalue weighted by atomic mass is 35.5. The molecule has 2 heterocycles. The first kappa shape index (κ1) is 21.0. The van der Waals surface area contributed by atoms with Gasteiger partial charge in [0.25, 0.3) is 0 Å². The number of carbonyl (C=O) groups excluding carboxylic acids is 1. The zero-order valence-electron chi connectivity index (χ0n) is 17.0. The Morgan fingerprint density at radius 2 is 1.97 bits per heavy atom. The second kappa shape index (κ2) is 9.29. The monoisotopic (exact) mass is 440 g/mol. The molecule has 1 fully saturated rings. The number of carbonyl (C=O) groups is 1. The third-order valence-corrected chi connectivity index (χ3v) is 6.75. The van der Waals surface area contributed by atoms with Crippen LogP contribution in [0.15, 0.2) is 53.9 Å². The lowest BCUT2D eigenvalue weighted by Crippen LogP contribution is -2.45. The van der Waals surface area contributed by atoms with Gasteiger partial charge in [-0.3, -0.25) is 4.79 Å². The summed E-state index contributed by atoms with van der Waals surface area (Å²) in [6, 6.07) is 16.0. The predicted molar refractivity (Wildman–Crippen MR) is 122 cm³/mol. The quantitative estimate of drug-likeness (QED) is 0.574. The van der Waals surface area contributed by atoms with Crippen molar-refractivity contribution in [3.8, 4) is 11.3 Å². The van der Waals surface area contributed by atoms with E-state index in [-0.39, 0.29) is 11.3 Å². The Hall–Kier alpha value is -2.21. The molecule has 4 nitrogen and oxygen atoms in total. The van der Waals surface area contributed by atoms with Crippen LogP contribution in [0.5, 0.6) is 0 Å². The maximum Gasteiger partial charge on any atom is 0.224 e. The Labute approximate surface area is 186 Å². The number of thiazole rings is 1. The Morgan fingerprint density at radius 1 is 1.20 bits per heavy atom. The number of nitrogens with one attached hydrogen (secondary N) is 1.